The van der Waals surface area contributed by atoms with Crippen molar-refractivity contribution in [3.8, 4) is 23.0 Å². The predicted molar refractivity (Wildman–Crippen MR) is 142 cm³/mol. The first-order valence-electron chi connectivity index (χ1n) is 11.6. The monoisotopic (exact) mass is 536 g/mol. The van der Waals surface area contributed by atoms with Crippen LogP contribution in [0.5, 0.6) is 23.0 Å². The number of carbonyl (C=O) groups excluding carboxylic acids is 3. The quantitative estimate of drug-likeness (QED) is 0.238. The number of ether oxygens (including phenoxy) is 4. The number of amides is 4. The average molecular weight is 537 g/mol. The number of urea groups is 1. The first-order chi connectivity index (χ1) is 18.3. The number of halogens is 1. The predicted octanol–water partition coefficient (Wildman–Crippen LogP) is 4.79. The third-order valence-electron chi connectivity index (χ3n) is 5.58. The molecule has 0 atom stereocenters. The van der Waals surface area contributed by atoms with Crippen LogP contribution in [-0.2, 0) is 9.59 Å². The Kier molecular flexibility index (Phi) is 8.18. The van der Waals surface area contributed by atoms with Gasteiger partial charge in [0.25, 0.3) is 11.8 Å². The van der Waals surface area contributed by atoms with Crippen LogP contribution >= 0.6 is 11.6 Å². The summed E-state index contributed by atoms with van der Waals surface area (Å²) >= 11 is 6.46. The summed E-state index contributed by atoms with van der Waals surface area (Å²) in [4.78, 5) is 39.0. The van der Waals surface area contributed by atoms with Crippen LogP contribution in [-0.4, -0.2) is 45.3 Å². The molecule has 0 bridgehead atoms. The van der Waals surface area contributed by atoms with Crippen LogP contribution in [0.4, 0.5) is 10.5 Å². The molecule has 1 saturated heterocycles. The van der Waals surface area contributed by atoms with E-state index in [0.717, 1.165) is 16.2 Å². The lowest BCUT2D eigenvalue weighted by molar-refractivity contribution is -0.122. The summed E-state index contributed by atoms with van der Waals surface area (Å²) < 4.78 is 22.0. The summed E-state index contributed by atoms with van der Waals surface area (Å²) in [6.45, 7) is 2.45. The van der Waals surface area contributed by atoms with Crippen LogP contribution < -0.4 is 29.2 Å². The summed E-state index contributed by atoms with van der Waals surface area (Å²) in [5, 5.41) is 2.39. The molecule has 38 heavy (non-hydrogen) atoms. The lowest BCUT2D eigenvalue weighted by Crippen LogP contribution is -2.54. The molecule has 1 N–H and O–H groups in total. The van der Waals surface area contributed by atoms with Crippen molar-refractivity contribution in [3.63, 3.8) is 0 Å². The van der Waals surface area contributed by atoms with Gasteiger partial charge in [-0.2, -0.15) is 0 Å². The highest BCUT2D eigenvalue weighted by atomic mass is 35.5. The van der Waals surface area contributed by atoms with E-state index in [9.17, 15) is 14.4 Å². The molecule has 1 aliphatic heterocycles. The first-order valence-corrected chi connectivity index (χ1v) is 11.9. The molecule has 1 heterocycles. The highest BCUT2D eigenvalue weighted by Crippen LogP contribution is 2.37. The van der Waals surface area contributed by atoms with Crippen molar-refractivity contribution in [2.75, 3.05) is 32.3 Å². The zero-order chi connectivity index (χ0) is 27.2. The molecule has 3 aromatic carbocycles. The standard InChI is InChI=1S/C28H25ClN2O7/c1-17-5-4-6-21(13-17)37-11-12-38-25-23(29)15-18(16-24(25)36-3)14-22-26(32)30-28(34)31(27(22)33)19-7-9-20(35-2)10-8-19/h4-10,13-16H,11-12H2,1-3H3,(H,30,32,34)/b22-14-. The van der Waals surface area contributed by atoms with Gasteiger partial charge in [0.2, 0.25) is 0 Å². The number of hydrogen-bond acceptors (Lipinski definition) is 7. The van der Waals surface area contributed by atoms with Gasteiger partial charge in [0.1, 0.15) is 30.3 Å². The highest BCUT2D eigenvalue weighted by molar-refractivity contribution is 6.39. The molecule has 0 spiro atoms. The Hall–Kier alpha value is -4.50. The van der Waals surface area contributed by atoms with E-state index in [1.54, 1.807) is 30.3 Å². The number of imide groups is 2. The molecule has 0 aliphatic carbocycles. The molecule has 0 unspecified atom stereocenters. The Labute approximate surface area is 224 Å². The molecular formula is C28H25ClN2O7. The minimum absolute atomic E-state index is 0.199. The van der Waals surface area contributed by atoms with Gasteiger partial charge in [0.15, 0.2) is 11.5 Å². The minimum atomic E-state index is -0.852. The molecule has 1 aliphatic rings. The summed E-state index contributed by atoms with van der Waals surface area (Å²) in [5.74, 6) is 0.258. The number of anilines is 1. The summed E-state index contributed by atoms with van der Waals surface area (Å²) in [6.07, 6.45) is 1.33. The number of barbiturate groups is 1. The number of methoxy groups -OCH3 is 2. The largest absolute Gasteiger partial charge is 0.497 e. The molecular weight excluding hydrogens is 512 g/mol. The fourth-order valence-corrected chi connectivity index (χ4v) is 4.04. The van der Waals surface area contributed by atoms with E-state index in [1.165, 1.54) is 26.4 Å². The van der Waals surface area contributed by atoms with Crippen molar-refractivity contribution in [1.82, 2.24) is 5.32 Å². The third-order valence-corrected chi connectivity index (χ3v) is 5.86. The molecule has 0 saturated carbocycles. The van der Waals surface area contributed by atoms with E-state index in [2.05, 4.69) is 5.32 Å². The van der Waals surface area contributed by atoms with Gasteiger partial charge < -0.3 is 18.9 Å². The fourth-order valence-electron chi connectivity index (χ4n) is 3.76. The van der Waals surface area contributed by atoms with E-state index in [4.69, 9.17) is 30.5 Å². The van der Waals surface area contributed by atoms with Crippen molar-refractivity contribution in [2.45, 2.75) is 6.92 Å². The minimum Gasteiger partial charge on any atom is -0.497 e. The number of nitrogens with one attached hydrogen (secondary N) is 1. The molecule has 1 fully saturated rings. The lowest BCUT2D eigenvalue weighted by Gasteiger charge is -2.26. The Bertz CT molecular complexity index is 1400. The van der Waals surface area contributed by atoms with Gasteiger partial charge in [-0.15, -0.1) is 0 Å². The number of rotatable bonds is 9. The summed E-state index contributed by atoms with van der Waals surface area (Å²) in [7, 11) is 2.95. The maximum Gasteiger partial charge on any atom is 0.335 e. The zero-order valence-electron chi connectivity index (χ0n) is 20.9. The molecule has 9 nitrogen and oxygen atoms in total. The van der Waals surface area contributed by atoms with Crippen LogP contribution in [0.25, 0.3) is 6.08 Å². The van der Waals surface area contributed by atoms with Crippen molar-refractivity contribution in [1.29, 1.82) is 0 Å². The van der Waals surface area contributed by atoms with Crippen molar-refractivity contribution in [3.05, 3.63) is 82.4 Å². The van der Waals surface area contributed by atoms with Crippen molar-refractivity contribution < 1.29 is 33.3 Å². The van der Waals surface area contributed by atoms with Gasteiger partial charge >= 0.3 is 6.03 Å². The van der Waals surface area contributed by atoms with E-state index in [-0.39, 0.29) is 29.5 Å². The van der Waals surface area contributed by atoms with Crippen LogP contribution in [0.1, 0.15) is 11.1 Å². The van der Waals surface area contributed by atoms with Gasteiger partial charge in [-0.25, -0.2) is 9.69 Å². The number of carbonyl (C=O) groups is 3. The molecule has 196 valence electrons. The van der Waals surface area contributed by atoms with Crippen LogP contribution in [0.15, 0.2) is 66.2 Å². The fraction of sp³-hybridized carbons (Fsp3) is 0.179. The number of hydrogen-bond donors (Lipinski definition) is 1. The molecule has 0 radical (unpaired) electrons. The van der Waals surface area contributed by atoms with Gasteiger partial charge in [0, 0.05) is 0 Å². The Morgan fingerprint density at radius 1 is 0.895 bits per heavy atom. The van der Waals surface area contributed by atoms with E-state index in [1.807, 2.05) is 31.2 Å². The molecule has 4 amide bonds. The Morgan fingerprint density at radius 2 is 1.63 bits per heavy atom. The summed E-state index contributed by atoms with van der Waals surface area (Å²) in [6, 6.07) is 16.2. The second-order valence-electron chi connectivity index (χ2n) is 8.20. The molecule has 10 heteroatoms. The normalized spacial score (nSPS) is 14.4. The Balaban J connectivity index is 1.52. The number of aryl methyl sites for hydroxylation is 1. The molecule has 3 aromatic rings. The number of benzene rings is 3. The van der Waals surface area contributed by atoms with Gasteiger partial charge in [-0.3, -0.25) is 14.9 Å². The maximum atomic E-state index is 13.2. The highest BCUT2D eigenvalue weighted by Gasteiger charge is 2.37. The average Bonchev–Trinajstić information content (AvgIpc) is 2.90. The van der Waals surface area contributed by atoms with Crippen LogP contribution in [0.2, 0.25) is 5.02 Å². The first kappa shape index (κ1) is 26.6. The number of nitrogens with zero attached hydrogens (tertiary/aromatic N) is 1. The van der Waals surface area contributed by atoms with Crippen molar-refractivity contribution in [2.24, 2.45) is 0 Å². The molecule has 4 rings (SSSR count). The van der Waals surface area contributed by atoms with Gasteiger partial charge in [0.05, 0.1) is 24.9 Å². The van der Waals surface area contributed by atoms with Gasteiger partial charge in [-0.1, -0.05) is 23.7 Å². The van der Waals surface area contributed by atoms with Crippen LogP contribution in [0, 0.1) is 6.92 Å². The zero-order valence-corrected chi connectivity index (χ0v) is 21.7. The second-order valence-corrected chi connectivity index (χ2v) is 8.61. The molecule has 0 aromatic heterocycles. The Morgan fingerprint density at radius 3 is 2.32 bits per heavy atom. The van der Waals surface area contributed by atoms with Crippen LogP contribution in [0.3, 0.4) is 0 Å². The third kappa shape index (κ3) is 5.90. The van der Waals surface area contributed by atoms with E-state index < -0.39 is 17.8 Å². The second kappa shape index (κ2) is 11.7. The smallest absolute Gasteiger partial charge is 0.335 e. The van der Waals surface area contributed by atoms with Crippen molar-refractivity contribution >= 4 is 41.2 Å². The lowest BCUT2D eigenvalue weighted by atomic mass is 10.1. The van der Waals surface area contributed by atoms with E-state index in [0.29, 0.717) is 22.8 Å². The SMILES string of the molecule is COc1ccc(N2C(=O)NC(=O)/C(=C/c3cc(Cl)c(OCCOc4cccc(C)c4)c(OC)c3)C2=O)cc1. The van der Waals surface area contributed by atoms with Gasteiger partial charge in [-0.05, 0) is 72.7 Å². The topological polar surface area (TPSA) is 103 Å². The summed E-state index contributed by atoms with van der Waals surface area (Å²) in [5.41, 5.74) is 1.51. The maximum absolute atomic E-state index is 13.2. The van der Waals surface area contributed by atoms with E-state index >= 15 is 0 Å².